The maximum absolute atomic E-state index is 12.1. The highest BCUT2D eigenvalue weighted by atomic mass is 35.5. The molecule has 1 aromatic carbocycles. The molecule has 0 radical (unpaired) electrons. The van der Waals surface area contributed by atoms with Crippen LogP contribution >= 0.6 is 24.0 Å². The first-order chi connectivity index (χ1) is 9.15. The standard InChI is InChI=1S/C13H17ClN2O3.ClH/c1-18-11-6-12(19-2)10(5-9(11)14)16-13(17)8-3-4-15-7-8;/h5-6,8,15H,3-4,7H2,1-2H3,(H,16,17);1H. The van der Waals surface area contributed by atoms with Crippen molar-refractivity contribution in [3.63, 3.8) is 0 Å². The zero-order valence-corrected chi connectivity index (χ0v) is 12.9. The third-order valence-electron chi connectivity index (χ3n) is 3.16. The van der Waals surface area contributed by atoms with E-state index in [2.05, 4.69) is 10.6 Å². The van der Waals surface area contributed by atoms with Gasteiger partial charge in [-0.3, -0.25) is 4.79 Å². The Morgan fingerprint density at radius 1 is 1.35 bits per heavy atom. The zero-order valence-electron chi connectivity index (χ0n) is 11.4. The first-order valence-electron chi connectivity index (χ1n) is 6.08. The summed E-state index contributed by atoms with van der Waals surface area (Å²) in [7, 11) is 3.07. The van der Waals surface area contributed by atoms with Gasteiger partial charge in [-0.2, -0.15) is 0 Å². The van der Waals surface area contributed by atoms with Crippen LogP contribution in [0, 0.1) is 5.92 Å². The van der Waals surface area contributed by atoms with Gasteiger partial charge in [-0.1, -0.05) is 11.6 Å². The lowest BCUT2D eigenvalue weighted by atomic mass is 10.1. The van der Waals surface area contributed by atoms with Crippen LogP contribution in [0.3, 0.4) is 0 Å². The van der Waals surface area contributed by atoms with Gasteiger partial charge in [-0.05, 0) is 19.0 Å². The molecule has 5 nitrogen and oxygen atoms in total. The smallest absolute Gasteiger partial charge is 0.228 e. The normalized spacial score (nSPS) is 17.2. The van der Waals surface area contributed by atoms with Crippen molar-refractivity contribution in [1.29, 1.82) is 0 Å². The number of rotatable bonds is 4. The van der Waals surface area contributed by atoms with Crippen molar-refractivity contribution in [3.8, 4) is 11.5 Å². The summed E-state index contributed by atoms with van der Waals surface area (Å²) < 4.78 is 10.3. The number of carbonyl (C=O) groups excluding carboxylic acids is 1. The lowest BCUT2D eigenvalue weighted by Crippen LogP contribution is -2.24. The molecule has 1 heterocycles. The van der Waals surface area contributed by atoms with Gasteiger partial charge in [0, 0.05) is 12.6 Å². The highest BCUT2D eigenvalue weighted by molar-refractivity contribution is 6.32. The van der Waals surface area contributed by atoms with Gasteiger partial charge >= 0.3 is 0 Å². The average molecular weight is 321 g/mol. The quantitative estimate of drug-likeness (QED) is 0.894. The molecule has 0 spiro atoms. The lowest BCUT2D eigenvalue weighted by Gasteiger charge is -2.15. The summed E-state index contributed by atoms with van der Waals surface area (Å²) in [6.45, 7) is 1.58. The third kappa shape index (κ3) is 3.69. The average Bonchev–Trinajstić information content (AvgIpc) is 2.93. The number of ether oxygens (including phenoxy) is 2. The SMILES string of the molecule is COc1cc(OC)c(NC(=O)C2CCNC2)cc1Cl.Cl. The zero-order chi connectivity index (χ0) is 13.8. The number of hydrogen-bond acceptors (Lipinski definition) is 4. The maximum atomic E-state index is 12.1. The first-order valence-corrected chi connectivity index (χ1v) is 6.46. The largest absolute Gasteiger partial charge is 0.495 e. The number of methoxy groups -OCH3 is 2. The number of halogens is 2. The second-order valence-electron chi connectivity index (χ2n) is 4.37. The van der Waals surface area contributed by atoms with Gasteiger partial charge in [0.25, 0.3) is 0 Å². The number of hydrogen-bond donors (Lipinski definition) is 2. The van der Waals surface area contributed by atoms with Crippen LogP contribution in [-0.2, 0) is 4.79 Å². The molecule has 0 aliphatic carbocycles. The Balaban J connectivity index is 0.00000200. The van der Waals surface area contributed by atoms with Crippen LogP contribution in [-0.4, -0.2) is 33.2 Å². The molecule has 20 heavy (non-hydrogen) atoms. The first kappa shape index (κ1) is 16.9. The van der Waals surface area contributed by atoms with Gasteiger partial charge in [0.05, 0.1) is 30.8 Å². The molecule has 1 unspecified atom stereocenters. The van der Waals surface area contributed by atoms with Crippen molar-refractivity contribution in [3.05, 3.63) is 17.2 Å². The molecule has 0 saturated carbocycles. The van der Waals surface area contributed by atoms with Crippen LogP contribution < -0.4 is 20.1 Å². The van der Waals surface area contributed by atoms with E-state index in [0.29, 0.717) is 28.8 Å². The highest BCUT2D eigenvalue weighted by Gasteiger charge is 2.23. The Kier molecular flexibility index (Phi) is 6.39. The van der Waals surface area contributed by atoms with Crippen LogP contribution in [0.5, 0.6) is 11.5 Å². The number of carbonyl (C=O) groups is 1. The molecule has 2 rings (SSSR count). The van der Waals surface area contributed by atoms with E-state index in [9.17, 15) is 4.79 Å². The third-order valence-corrected chi connectivity index (χ3v) is 3.46. The van der Waals surface area contributed by atoms with Gasteiger partial charge in [0.2, 0.25) is 5.91 Å². The van der Waals surface area contributed by atoms with Crippen LogP contribution in [0.15, 0.2) is 12.1 Å². The second-order valence-corrected chi connectivity index (χ2v) is 4.77. The predicted molar refractivity (Wildman–Crippen MR) is 81.4 cm³/mol. The minimum absolute atomic E-state index is 0. The van der Waals surface area contributed by atoms with Gasteiger partial charge in [-0.25, -0.2) is 0 Å². The van der Waals surface area contributed by atoms with Crippen molar-refractivity contribution in [2.24, 2.45) is 5.92 Å². The fraction of sp³-hybridized carbons (Fsp3) is 0.462. The molecule has 0 aromatic heterocycles. The monoisotopic (exact) mass is 320 g/mol. The molecule has 112 valence electrons. The van der Waals surface area contributed by atoms with E-state index in [0.717, 1.165) is 13.0 Å². The minimum atomic E-state index is -0.0236. The van der Waals surface area contributed by atoms with Crippen LogP contribution in [0.2, 0.25) is 5.02 Å². The maximum Gasteiger partial charge on any atom is 0.228 e. The van der Waals surface area contributed by atoms with Crippen LogP contribution in [0.4, 0.5) is 5.69 Å². The molecular formula is C13H18Cl2N2O3. The van der Waals surface area contributed by atoms with Crippen LogP contribution in [0.25, 0.3) is 0 Å². The summed E-state index contributed by atoms with van der Waals surface area (Å²) in [5, 5.41) is 6.44. The molecule has 1 aliphatic heterocycles. The van der Waals surface area contributed by atoms with E-state index in [-0.39, 0.29) is 24.2 Å². The topological polar surface area (TPSA) is 59.6 Å². The summed E-state index contributed by atoms with van der Waals surface area (Å²) >= 11 is 6.06. The van der Waals surface area contributed by atoms with E-state index < -0.39 is 0 Å². The minimum Gasteiger partial charge on any atom is -0.495 e. The van der Waals surface area contributed by atoms with Crippen LogP contribution in [0.1, 0.15) is 6.42 Å². The predicted octanol–water partition coefficient (Wildman–Crippen LogP) is 2.33. The van der Waals surface area contributed by atoms with Crippen molar-refractivity contribution in [2.45, 2.75) is 6.42 Å². The summed E-state index contributed by atoms with van der Waals surface area (Å²) in [6.07, 6.45) is 0.845. The number of amides is 1. The van der Waals surface area contributed by atoms with Crippen molar-refractivity contribution in [2.75, 3.05) is 32.6 Å². The van der Waals surface area contributed by atoms with E-state index in [1.807, 2.05) is 0 Å². The van der Waals surface area contributed by atoms with Crippen molar-refractivity contribution >= 4 is 35.6 Å². The number of anilines is 1. The number of nitrogens with one attached hydrogen (secondary N) is 2. The summed E-state index contributed by atoms with van der Waals surface area (Å²) in [6, 6.07) is 3.30. The van der Waals surface area contributed by atoms with E-state index >= 15 is 0 Å². The Bertz CT molecular complexity index is 477. The number of benzene rings is 1. The van der Waals surface area contributed by atoms with E-state index in [4.69, 9.17) is 21.1 Å². The summed E-state index contributed by atoms with van der Waals surface area (Å²) in [5.41, 5.74) is 0.560. The van der Waals surface area contributed by atoms with Crippen molar-refractivity contribution < 1.29 is 14.3 Å². The fourth-order valence-electron chi connectivity index (χ4n) is 2.07. The Morgan fingerprint density at radius 3 is 2.60 bits per heavy atom. The summed E-state index contributed by atoms with van der Waals surface area (Å²) in [4.78, 5) is 12.1. The molecule has 2 N–H and O–H groups in total. The Hall–Kier alpha value is -1.17. The fourth-order valence-corrected chi connectivity index (χ4v) is 2.31. The molecule has 1 saturated heterocycles. The van der Waals surface area contributed by atoms with Gasteiger partial charge in [0.15, 0.2) is 0 Å². The summed E-state index contributed by atoms with van der Waals surface area (Å²) in [5.74, 6) is 1.01. The molecule has 1 fully saturated rings. The molecule has 1 aliphatic rings. The van der Waals surface area contributed by atoms with Gasteiger partial charge < -0.3 is 20.1 Å². The molecular weight excluding hydrogens is 303 g/mol. The van der Waals surface area contributed by atoms with Gasteiger partial charge in [-0.15, -0.1) is 12.4 Å². The second kappa shape index (κ2) is 7.57. The van der Waals surface area contributed by atoms with Gasteiger partial charge in [0.1, 0.15) is 11.5 Å². The molecule has 1 atom stereocenters. The Morgan fingerprint density at radius 2 is 2.05 bits per heavy atom. The Labute approximate surface area is 129 Å². The molecule has 0 bridgehead atoms. The van der Waals surface area contributed by atoms with Crippen molar-refractivity contribution in [1.82, 2.24) is 5.32 Å². The highest BCUT2D eigenvalue weighted by Crippen LogP contribution is 2.36. The molecule has 1 aromatic rings. The van der Waals surface area contributed by atoms with E-state index in [1.54, 1.807) is 12.1 Å². The van der Waals surface area contributed by atoms with E-state index in [1.165, 1.54) is 14.2 Å². The lowest BCUT2D eigenvalue weighted by molar-refractivity contribution is -0.119. The molecule has 1 amide bonds. The molecule has 7 heteroatoms.